The van der Waals surface area contributed by atoms with E-state index in [-0.39, 0.29) is 18.2 Å². The van der Waals surface area contributed by atoms with Crippen molar-refractivity contribution >= 4 is 40.0 Å². The van der Waals surface area contributed by atoms with Gasteiger partial charge in [0.2, 0.25) is 0 Å². The van der Waals surface area contributed by atoms with Crippen LogP contribution in [-0.2, 0) is 17.7 Å². The Labute approximate surface area is 281 Å². The Morgan fingerprint density at radius 3 is 2.68 bits per heavy atom. The van der Waals surface area contributed by atoms with Gasteiger partial charge < -0.3 is 24.2 Å². The minimum atomic E-state index is -0.613. The summed E-state index contributed by atoms with van der Waals surface area (Å²) in [5.41, 5.74) is 3.47. The number of allylic oxidation sites excluding steroid dienone is 1. The number of carbonyl (C=O) groups is 1. The van der Waals surface area contributed by atoms with Crippen molar-refractivity contribution in [2.24, 2.45) is 0 Å². The second kappa shape index (κ2) is 12.5. The minimum absolute atomic E-state index is 0.136. The van der Waals surface area contributed by atoms with E-state index in [1.54, 1.807) is 6.08 Å². The Balaban J connectivity index is 1.23. The van der Waals surface area contributed by atoms with Crippen molar-refractivity contribution < 1.29 is 14.3 Å². The molecule has 3 fully saturated rings. The van der Waals surface area contributed by atoms with Crippen molar-refractivity contribution in [2.45, 2.75) is 76.7 Å². The van der Waals surface area contributed by atoms with E-state index < -0.39 is 5.60 Å². The summed E-state index contributed by atoms with van der Waals surface area (Å²) >= 11 is 6.74. The molecule has 4 aliphatic heterocycles. The first-order valence-electron chi connectivity index (χ1n) is 16.6. The Bertz CT molecular complexity index is 1760. The van der Waals surface area contributed by atoms with Gasteiger partial charge in [-0.15, -0.1) is 0 Å². The van der Waals surface area contributed by atoms with Crippen LogP contribution in [0.3, 0.4) is 0 Å². The number of nitrogens with zero attached hydrogens (tertiary/aromatic N) is 7. The van der Waals surface area contributed by atoms with E-state index in [4.69, 9.17) is 31.0 Å². The summed E-state index contributed by atoms with van der Waals surface area (Å²) in [5, 5.41) is 12.5. The molecule has 3 atom stereocenters. The van der Waals surface area contributed by atoms with Crippen molar-refractivity contribution in [2.75, 3.05) is 49.6 Å². The predicted octanol–water partition coefficient (Wildman–Crippen LogP) is 5.97. The smallest absolute Gasteiger partial charge is 0.411 e. The lowest BCUT2D eigenvalue weighted by Crippen LogP contribution is -2.57. The molecule has 0 saturated carbocycles. The predicted molar refractivity (Wildman–Crippen MR) is 183 cm³/mol. The number of hydrogen-bond acceptors (Lipinski definition) is 9. The number of piperazine rings is 1. The summed E-state index contributed by atoms with van der Waals surface area (Å²) in [6.07, 6.45) is 4.89. The number of amides is 1. The third kappa shape index (κ3) is 6.19. The van der Waals surface area contributed by atoms with E-state index in [2.05, 4.69) is 52.1 Å². The normalized spacial score (nSPS) is 23.7. The number of nitriles is 1. The first-order valence-corrected chi connectivity index (χ1v) is 17.0. The maximum atomic E-state index is 13.4. The highest BCUT2D eigenvalue weighted by atomic mass is 35.5. The summed E-state index contributed by atoms with van der Waals surface area (Å²) in [7, 11) is 2.14. The average Bonchev–Trinajstić information content (AvgIpc) is 3.55. The first kappa shape index (κ1) is 31.5. The largest absolute Gasteiger partial charge is 0.462 e. The van der Waals surface area contributed by atoms with Crippen LogP contribution in [0, 0.1) is 11.3 Å². The van der Waals surface area contributed by atoms with Crippen molar-refractivity contribution in [3.63, 3.8) is 0 Å². The van der Waals surface area contributed by atoms with E-state index in [9.17, 15) is 10.1 Å². The molecule has 3 aromatic rings. The number of fused-ring (bicyclic) bond motifs is 4. The highest BCUT2D eigenvalue weighted by Gasteiger charge is 2.48. The lowest BCUT2D eigenvalue weighted by atomic mass is 10.0. The number of likely N-dealkylation sites (tertiary alicyclic amines) is 1. The molecule has 0 radical (unpaired) electrons. The number of aromatic nitrogens is 2. The number of rotatable bonds is 5. The van der Waals surface area contributed by atoms with Gasteiger partial charge in [0.25, 0.3) is 0 Å². The Morgan fingerprint density at radius 1 is 1.13 bits per heavy atom. The van der Waals surface area contributed by atoms with Crippen molar-refractivity contribution in [1.29, 1.82) is 5.26 Å². The molecule has 47 heavy (non-hydrogen) atoms. The second-order valence-electron chi connectivity index (χ2n) is 14.1. The van der Waals surface area contributed by atoms with E-state index in [1.807, 2.05) is 37.8 Å². The van der Waals surface area contributed by atoms with Crippen LogP contribution in [0.1, 0.15) is 51.3 Å². The van der Waals surface area contributed by atoms with Crippen LogP contribution < -0.4 is 14.5 Å². The quantitative estimate of drug-likeness (QED) is 0.308. The number of likely N-dealkylation sites (N-methyl/N-ethyl adjacent to an activating group) is 1. The molecule has 4 aliphatic rings. The zero-order chi connectivity index (χ0) is 32.9. The SMILES string of the molecule is CN1CCC[C@H]1COc1nc2c(c(N3CC4/C(=C/C#N)C[C@H](C3)N4C(=O)OC(C)(C)C)n1)CCN(c1cccc3cccc(Cl)c13)C2. The highest BCUT2D eigenvalue weighted by Crippen LogP contribution is 2.41. The Kier molecular flexibility index (Phi) is 8.39. The van der Waals surface area contributed by atoms with Crippen LogP contribution in [0.5, 0.6) is 6.01 Å². The monoisotopic (exact) mass is 655 g/mol. The highest BCUT2D eigenvalue weighted by molar-refractivity contribution is 6.36. The number of halogens is 1. The van der Waals surface area contributed by atoms with Crippen LogP contribution in [0.2, 0.25) is 5.02 Å². The molecular formula is C36H42ClN7O3. The molecule has 246 valence electrons. The third-order valence-corrected chi connectivity index (χ3v) is 10.2. The fourth-order valence-corrected chi connectivity index (χ4v) is 7.94. The van der Waals surface area contributed by atoms with Gasteiger partial charge in [-0.1, -0.05) is 35.9 Å². The van der Waals surface area contributed by atoms with Gasteiger partial charge in [-0.2, -0.15) is 15.2 Å². The molecule has 10 nitrogen and oxygen atoms in total. The molecule has 0 aliphatic carbocycles. The molecule has 5 heterocycles. The van der Waals surface area contributed by atoms with Gasteiger partial charge >= 0.3 is 12.1 Å². The fraction of sp³-hybridized carbons (Fsp3) is 0.500. The van der Waals surface area contributed by atoms with Gasteiger partial charge in [-0.25, -0.2) is 4.79 Å². The standard InChI is InChI=1S/C36H42ClN7O3/c1-36(2,3)47-35(45)44-26-18-24(13-15-38)31(44)21-43(19-26)33-27-14-17-42(30-12-6-9-23-8-5-11-28(37)32(23)30)20-29(27)39-34(40-33)46-22-25-10-7-16-41(25)4/h5-6,8-9,11-13,25-26,31H,7,10,14,16-22H2,1-4H3/b24-13+/t25-,26+,31?/m0/s1. The molecule has 7 rings (SSSR count). The van der Waals surface area contributed by atoms with Gasteiger partial charge in [0, 0.05) is 48.4 Å². The number of ether oxygens (including phenoxy) is 2. The molecule has 0 spiro atoms. The van der Waals surface area contributed by atoms with Crippen LogP contribution in [0.25, 0.3) is 10.8 Å². The van der Waals surface area contributed by atoms with Gasteiger partial charge in [0.15, 0.2) is 0 Å². The van der Waals surface area contributed by atoms with Gasteiger partial charge in [0.05, 0.1) is 35.4 Å². The van der Waals surface area contributed by atoms with Crippen LogP contribution in [0.4, 0.5) is 16.3 Å². The molecule has 2 bridgehead atoms. The van der Waals surface area contributed by atoms with E-state index >= 15 is 0 Å². The molecule has 1 aromatic heterocycles. The van der Waals surface area contributed by atoms with E-state index in [0.29, 0.717) is 44.7 Å². The summed E-state index contributed by atoms with van der Waals surface area (Å²) in [6.45, 7) is 9.70. The van der Waals surface area contributed by atoms with Gasteiger partial charge in [-0.3, -0.25) is 4.90 Å². The maximum absolute atomic E-state index is 13.4. The lowest BCUT2D eigenvalue weighted by molar-refractivity contribution is 0.0134. The van der Waals surface area contributed by atoms with Crippen molar-refractivity contribution in [3.05, 3.63) is 64.3 Å². The summed E-state index contributed by atoms with van der Waals surface area (Å²) in [6, 6.07) is 14.8. The van der Waals surface area contributed by atoms with Crippen LogP contribution in [-0.4, -0.2) is 89.4 Å². The molecule has 1 unspecified atom stereocenters. The number of hydrogen-bond donors (Lipinski definition) is 0. The molecule has 1 amide bonds. The minimum Gasteiger partial charge on any atom is -0.462 e. The molecule has 3 saturated heterocycles. The van der Waals surface area contributed by atoms with Crippen molar-refractivity contribution in [3.8, 4) is 12.1 Å². The molecular weight excluding hydrogens is 614 g/mol. The fourth-order valence-electron chi connectivity index (χ4n) is 7.66. The second-order valence-corrected chi connectivity index (χ2v) is 14.6. The molecule has 11 heteroatoms. The summed E-state index contributed by atoms with van der Waals surface area (Å²) in [5.74, 6) is 0.859. The van der Waals surface area contributed by atoms with Crippen LogP contribution in [0.15, 0.2) is 48.0 Å². The Hall–Kier alpha value is -4.07. The third-order valence-electron chi connectivity index (χ3n) is 9.88. The summed E-state index contributed by atoms with van der Waals surface area (Å²) < 4.78 is 12.2. The maximum Gasteiger partial charge on any atom is 0.411 e. The average molecular weight is 656 g/mol. The topological polar surface area (TPSA) is 98.1 Å². The van der Waals surface area contributed by atoms with E-state index in [0.717, 1.165) is 76.5 Å². The number of benzene rings is 2. The summed E-state index contributed by atoms with van der Waals surface area (Å²) in [4.78, 5) is 32.3. The lowest BCUT2D eigenvalue weighted by Gasteiger charge is -2.42. The van der Waals surface area contributed by atoms with Crippen LogP contribution >= 0.6 is 11.6 Å². The van der Waals surface area contributed by atoms with Crippen molar-refractivity contribution in [1.82, 2.24) is 19.8 Å². The van der Waals surface area contributed by atoms with Gasteiger partial charge in [-0.05, 0) is 83.1 Å². The molecule has 0 N–H and O–H groups in total. The zero-order valence-electron chi connectivity index (χ0n) is 27.6. The van der Waals surface area contributed by atoms with Gasteiger partial charge in [0.1, 0.15) is 18.0 Å². The first-order chi connectivity index (χ1) is 22.6. The Morgan fingerprint density at radius 2 is 1.94 bits per heavy atom. The number of carbonyl (C=O) groups excluding carboxylic acids is 1. The zero-order valence-corrected chi connectivity index (χ0v) is 28.3. The van der Waals surface area contributed by atoms with E-state index in [1.165, 1.54) is 0 Å². The molecule has 2 aromatic carbocycles. The number of anilines is 2.